The SMILES string of the molecule is COc1ncc(NC(=O)N2CCN(c3ccnc4c3cnn4C)[C@@H](C)C2)cc1C. The van der Waals surface area contributed by atoms with Gasteiger partial charge in [0.15, 0.2) is 5.65 Å². The van der Waals surface area contributed by atoms with Crippen molar-refractivity contribution in [2.75, 3.05) is 37.0 Å². The second kappa shape index (κ2) is 7.57. The average molecular weight is 395 g/mol. The summed E-state index contributed by atoms with van der Waals surface area (Å²) in [5, 5.41) is 8.29. The molecule has 152 valence electrons. The molecule has 0 bridgehead atoms. The molecule has 0 aliphatic carbocycles. The number of nitrogens with zero attached hydrogens (tertiary/aromatic N) is 6. The van der Waals surface area contributed by atoms with Gasteiger partial charge in [0.1, 0.15) is 0 Å². The Kier molecular flexibility index (Phi) is 4.96. The zero-order valence-corrected chi connectivity index (χ0v) is 17.1. The van der Waals surface area contributed by atoms with Crippen LogP contribution in [0.25, 0.3) is 11.0 Å². The van der Waals surface area contributed by atoms with Gasteiger partial charge in [-0.15, -0.1) is 0 Å². The molecule has 2 amide bonds. The van der Waals surface area contributed by atoms with Crippen LogP contribution in [-0.2, 0) is 7.05 Å². The molecule has 0 saturated carbocycles. The van der Waals surface area contributed by atoms with E-state index in [0.717, 1.165) is 28.8 Å². The Balaban J connectivity index is 1.46. The highest BCUT2D eigenvalue weighted by Gasteiger charge is 2.28. The zero-order valence-electron chi connectivity index (χ0n) is 17.1. The van der Waals surface area contributed by atoms with E-state index < -0.39 is 0 Å². The van der Waals surface area contributed by atoms with Crippen LogP contribution in [0.15, 0.2) is 30.7 Å². The number of pyridine rings is 2. The van der Waals surface area contributed by atoms with E-state index in [4.69, 9.17) is 4.74 Å². The fourth-order valence-electron chi connectivity index (χ4n) is 3.83. The van der Waals surface area contributed by atoms with Gasteiger partial charge in [-0.1, -0.05) is 0 Å². The van der Waals surface area contributed by atoms with E-state index >= 15 is 0 Å². The van der Waals surface area contributed by atoms with Crippen LogP contribution < -0.4 is 15.0 Å². The van der Waals surface area contributed by atoms with E-state index in [1.165, 1.54) is 0 Å². The first kappa shape index (κ1) is 19.0. The zero-order chi connectivity index (χ0) is 20.5. The minimum atomic E-state index is -0.121. The van der Waals surface area contributed by atoms with Gasteiger partial charge in [0.05, 0.1) is 36.3 Å². The van der Waals surface area contributed by atoms with Gasteiger partial charge in [0.25, 0.3) is 0 Å². The lowest BCUT2D eigenvalue weighted by molar-refractivity contribution is 0.200. The van der Waals surface area contributed by atoms with Crippen LogP contribution in [-0.4, -0.2) is 63.5 Å². The second-order valence-electron chi connectivity index (χ2n) is 7.30. The van der Waals surface area contributed by atoms with Gasteiger partial charge in [-0.25, -0.2) is 14.8 Å². The predicted molar refractivity (Wildman–Crippen MR) is 111 cm³/mol. The number of nitrogens with one attached hydrogen (secondary N) is 1. The molecule has 0 unspecified atom stereocenters. The van der Waals surface area contributed by atoms with E-state index in [-0.39, 0.29) is 12.1 Å². The number of methoxy groups -OCH3 is 1. The summed E-state index contributed by atoms with van der Waals surface area (Å²) in [5.74, 6) is 0.560. The van der Waals surface area contributed by atoms with Gasteiger partial charge >= 0.3 is 6.03 Å². The van der Waals surface area contributed by atoms with Crippen LogP contribution in [0.3, 0.4) is 0 Å². The van der Waals surface area contributed by atoms with Gasteiger partial charge < -0.3 is 19.9 Å². The van der Waals surface area contributed by atoms with Crippen molar-refractivity contribution in [2.45, 2.75) is 19.9 Å². The smallest absolute Gasteiger partial charge is 0.322 e. The van der Waals surface area contributed by atoms with Crippen molar-refractivity contribution in [3.63, 3.8) is 0 Å². The van der Waals surface area contributed by atoms with Gasteiger partial charge in [-0.2, -0.15) is 5.10 Å². The number of anilines is 2. The van der Waals surface area contributed by atoms with Crippen LogP contribution in [0.1, 0.15) is 12.5 Å². The molecule has 29 heavy (non-hydrogen) atoms. The Hall–Kier alpha value is -3.36. The first-order valence-electron chi connectivity index (χ1n) is 9.58. The number of piperazine rings is 1. The van der Waals surface area contributed by atoms with Crippen molar-refractivity contribution in [1.82, 2.24) is 24.6 Å². The number of amides is 2. The fraction of sp³-hybridized carbons (Fsp3) is 0.400. The van der Waals surface area contributed by atoms with Crippen LogP contribution >= 0.6 is 0 Å². The second-order valence-corrected chi connectivity index (χ2v) is 7.30. The molecule has 3 aromatic heterocycles. The largest absolute Gasteiger partial charge is 0.481 e. The maximum atomic E-state index is 12.8. The monoisotopic (exact) mass is 395 g/mol. The van der Waals surface area contributed by atoms with Gasteiger partial charge in [0, 0.05) is 44.5 Å². The summed E-state index contributed by atoms with van der Waals surface area (Å²) in [6, 6.07) is 3.92. The Morgan fingerprint density at radius 2 is 2.10 bits per heavy atom. The van der Waals surface area contributed by atoms with Crippen molar-refractivity contribution in [3.05, 3.63) is 36.3 Å². The van der Waals surface area contributed by atoms with Crippen LogP contribution in [0, 0.1) is 6.92 Å². The molecular weight excluding hydrogens is 370 g/mol. The Bertz CT molecular complexity index is 1050. The molecule has 4 heterocycles. The van der Waals surface area contributed by atoms with E-state index in [1.807, 2.05) is 43.4 Å². The topological polar surface area (TPSA) is 88.4 Å². The lowest BCUT2D eigenvalue weighted by Gasteiger charge is -2.41. The van der Waals surface area contributed by atoms with Gasteiger partial charge in [-0.05, 0) is 26.0 Å². The number of hydrogen-bond donors (Lipinski definition) is 1. The lowest BCUT2D eigenvalue weighted by Crippen LogP contribution is -2.54. The maximum absolute atomic E-state index is 12.8. The minimum absolute atomic E-state index is 0.121. The third kappa shape index (κ3) is 3.55. The molecule has 1 aliphatic rings. The van der Waals surface area contributed by atoms with Crippen molar-refractivity contribution >= 4 is 28.4 Å². The standard InChI is InChI=1S/C20H25N7O2/c1-13-9-15(10-22-19(13)29-4)24-20(28)26-7-8-27(14(2)12-26)17-5-6-21-18-16(17)11-23-25(18)3/h5-6,9-11,14H,7-8,12H2,1-4H3,(H,24,28)/t14-/m0/s1. The number of carbonyl (C=O) groups excluding carboxylic acids is 1. The summed E-state index contributed by atoms with van der Waals surface area (Å²) in [5.41, 5.74) is 3.50. The number of urea groups is 1. The molecule has 1 fully saturated rings. The van der Waals surface area contributed by atoms with Gasteiger partial charge in [0.2, 0.25) is 5.88 Å². The van der Waals surface area contributed by atoms with Crippen LogP contribution in [0.4, 0.5) is 16.2 Å². The number of aryl methyl sites for hydroxylation is 2. The third-order valence-corrected chi connectivity index (χ3v) is 5.31. The van der Waals surface area contributed by atoms with Crippen LogP contribution in [0.5, 0.6) is 5.88 Å². The molecular formula is C20H25N7O2. The molecule has 4 rings (SSSR count). The minimum Gasteiger partial charge on any atom is -0.481 e. The highest BCUT2D eigenvalue weighted by Crippen LogP contribution is 2.28. The highest BCUT2D eigenvalue weighted by atomic mass is 16.5. The number of aromatic nitrogens is 4. The first-order chi connectivity index (χ1) is 14.0. The van der Waals surface area contributed by atoms with Crippen molar-refractivity contribution in [1.29, 1.82) is 0 Å². The maximum Gasteiger partial charge on any atom is 0.322 e. The number of ether oxygens (including phenoxy) is 1. The summed E-state index contributed by atoms with van der Waals surface area (Å²) in [6.07, 6.45) is 5.27. The predicted octanol–water partition coefficient (Wildman–Crippen LogP) is 2.42. The molecule has 1 N–H and O–H groups in total. The molecule has 1 aliphatic heterocycles. The Morgan fingerprint density at radius 1 is 1.28 bits per heavy atom. The average Bonchev–Trinajstić information content (AvgIpc) is 3.09. The van der Waals surface area contributed by atoms with Gasteiger partial charge in [-0.3, -0.25) is 4.68 Å². The Labute approximate surface area is 169 Å². The quantitative estimate of drug-likeness (QED) is 0.733. The van der Waals surface area contributed by atoms with E-state index in [9.17, 15) is 4.79 Å². The number of rotatable bonds is 3. The normalized spacial score (nSPS) is 16.9. The van der Waals surface area contributed by atoms with E-state index in [1.54, 1.807) is 18.0 Å². The number of fused-ring (bicyclic) bond motifs is 1. The molecule has 0 aromatic carbocycles. The summed E-state index contributed by atoms with van der Waals surface area (Å²) in [7, 11) is 3.47. The summed E-state index contributed by atoms with van der Waals surface area (Å²) in [6.45, 7) is 6.02. The highest BCUT2D eigenvalue weighted by molar-refractivity contribution is 5.91. The van der Waals surface area contributed by atoms with Crippen LogP contribution in [0.2, 0.25) is 0 Å². The number of hydrogen-bond acceptors (Lipinski definition) is 6. The first-order valence-corrected chi connectivity index (χ1v) is 9.58. The molecule has 1 saturated heterocycles. The van der Waals surface area contributed by atoms with E-state index in [2.05, 4.69) is 32.2 Å². The summed E-state index contributed by atoms with van der Waals surface area (Å²) < 4.78 is 6.95. The molecule has 3 aromatic rings. The molecule has 0 spiro atoms. The summed E-state index contributed by atoms with van der Waals surface area (Å²) >= 11 is 0. The number of carbonyl (C=O) groups is 1. The van der Waals surface area contributed by atoms with Crippen molar-refractivity contribution in [3.8, 4) is 5.88 Å². The molecule has 1 atom stereocenters. The molecule has 9 heteroatoms. The van der Waals surface area contributed by atoms with E-state index in [0.29, 0.717) is 24.7 Å². The molecule has 9 nitrogen and oxygen atoms in total. The lowest BCUT2D eigenvalue weighted by atomic mass is 10.1. The van der Waals surface area contributed by atoms with Crippen molar-refractivity contribution in [2.24, 2.45) is 7.05 Å². The summed E-state index contributed by atoms with van der Waals surface area (Å²) in [4.78, 5) is 25.5. The molecule has 0 radical (unpaired) electrons. The van der Waals surface area contributed by atoms with Crippen molar-refractivity contribution < 1.29 is 9.53 Å². The third-order valence-electron chi connectivity index (χ3n) is 5.31. The fourth-order valence-corrected chi connectivity index (χ4v) is 3.83. The Morgan fingerprint density at radius 3 is 2.83 bits per heavy atom.